The largest absolute Gasteiger partial charge is 0.356 e. The number of rotatable bonds is 7. The first kappa shape index (κ1) is 24.0. The molecule has 1 amide bonds. The average molecular weight is 443 g/mol. The third kappa shape index (κ3) is 6.65. The van der Waals surface area contributed by atoms with Gasteiger partial charge in [-0.1, -0.05) is 26.7 Å². The normalized spacial score (nSPS) is 30.7. The lowest BCUT2D eigenvalue weighted by Crippen LogP contribution is -2.53. The van der Waals surface area contributed by atoms with Crippen LogP contribution in [0.25, 0.3) is 0 Å². The second-order valence-electron chi connectivity index (χ2n) is 9.87. The van der Waals surface area contributed by atoms with E-state index in [4.69, 9.17) is 0 Å². The Balaban J connectivity index is 1.44. The molecule has 0 bridgehead atoms. The molecular weight excluding hydrogens is 400 g/mol. The van der Waals surface area contributed by atoms with Crippen LogP contribution in [-0.4, -0.2) is 80.2 Å². The van der Waals surface area contributed by atoms with Crippen LogP contribution in [0, 0.1) is 17.8 Å². The number of hydrogen-bond acceptors (Lipinski definition) is 4. The molecule has 3 aliphatic heterocycles. The second kappa shape index (κ2) is 11.2. The zero-order valence-electron chi connectivity index (χ0n) is 19.0. The molecule has 3 aliphatic rings. The highest BCUT2D eigenvalue weighted by Gasteiger charge is 2.38. The fourth-order valence-electron chi connectivity index (χ4n) is 5.34. The first-order chi connectivity index (χ1) is 14.4. The molecule has 0 aromatic heterocycles. The summed E-state index contributed by atoms with van der Waals surface area (Å²) in [6.07, 6.45) is 8.81. The van der Waals surface area contributed by atoms with Gasteiger partial charge < -0.3 is 10.2 Å². The Labute approximate surface area is 183 Å². The topological polar surface area (TPSA) is 73.0 Å². The molecule has 8 heteroatoms. The van der Waals surface area contributed by atoms with Gasteiger partial charge in [-0.05, 0) is 70.0 Å². The zero-order chi connectivity index (χ0) is 21.6. The number of hydrogen-bond donors (Lipinski definition) is 1. The SMILES string of the molecule is CC1CC(C)CN(S(=O)(=O)N2CCCC(C(=O)NCCCN3CCCCCC3)C2)C1. The third-order valence-electron chi connectivity index (χ3n) is 6.89. The minimum atomic E-state index is -3.48. The molecule has 3 fully saturated rings. The Morgan fingerprint density at radius 2 is 1.57 bits per heavy atom. The van der Waals surface area contributed by atoms with Crippen LogP contribution in [0.2, 0.25) is 0 Å². The maximum atomic E-state index is 13.2. The monoisotopic (exact) mass is 442 g/mol. The minimum absolute atomic E-state index is 0.0196. The summed E-state index contributed by atoms with van der Waals surface area (Å²) in [5.41, 5.74) is 0. The minimum Gasteiger partial charge on any atom is -0.356 e. The molecule has 30 heavy (non-hydrogen) atoms. The lowest BCUT2D eigenvalue weighted by Gasteiger charge is -2.39. The fourth-order valence-corrected chi connectivity index (χ4v) is 7.28. The lowest BCUT2D eigenvalue weighted by atomic mass is 9.94. The maximum Gasteiger partial charge on any atom is 0.282 e. The number of carbonyl (C=O) groups excluding carboxylic acids is 1. The quantitative estimate of drug-likeness (QED) is 0.614. The first-order valence-electron chi connectivity index (χ1n) is 12.1. The Morgan fingerprint density at radius 3 is 2.23 bits per heavy atom. The van der Waals surface area contributed by atoms with Gasteiger partial charge >= 0.3 is 0 Å². The summed E-state index contributed by atoms with van der Waals surface area (Å²) < 4.78 is 29.6. The molecule has 3 rings (SSSR count). The summed E-state index contributed by atoms with van der Waals surface area (Å²) in [6, 6.07) is 0. The highest BCUT2D eigenvalue weighted by molar-refractivity contribution is 7.86. The molecule has 0 aromatic rings. The van der Waals surface area contributed by atoms with Crippen molar-refractivity contribution in [3.63, 3.8) is 0 Å². The van der Waals surface area contributed by atoms with Crippen LogP contribution in [0.3, 0.4) is 0 Å². The van der Waals surface area contributed by atoms with Gasteiger partial charge in [0.2, 0.25) is 5.91 Å². The van der Waals surface area contributed by atoms with E-state index in [0.717, 1.165) is 32.2 Å². The zero-order valence-corrected chi connectivity index (χ0v) is 19.8. The van der Waals surface area contributed by atoms with Gasteiger partial charge in [0.05, 0.1) is 5.92 Å². The van der Waals surface area contributed by atoms with Gasteiger partial charge in [-0.3, -0.25) is 4.79 Å². The van der Waals surface area contributed by atoms with Gasteiger partial charge in [0.1, 0.15) is 0 Å². The van der Waals surface area contributed by atoms with Gasteiger partial charge in [0, 0.05) is 32.7 Å². The molecule has 0 spiro atoms. The lowest BCUT2D eigenvalue weighted by molar-refractivity contribution is -0.126. The van der Waals surface area contributed by atoms with Crippen molar-refractivity contribution in [2.75, 3.05) is 52.4 Å². The van der Waals surface area contributed by atoms with Crippen LogP contribution in [0.15, 0.2) is 0 Å². The Bertz CT molecular complexity index is 639. The van der Waals surface area contributed by atoms with Crippen LogP contribution in [0.5, 0.6) is 0 Å². The van der Waals surface area contributed by atoms with Crippen LogP contribution in [0.4, 0.5) is 0 Å². The first-order valence-corrected chi connectivity index (χ1v) is 13.5. The molecule has 0 aromatic carbocycles. The van der Waals surface area contributed by atoms with Crippen molar-refractivity contribution in [3.05, 3.63) is 0 Å². The highest BCUT2D eigenvalue weighted by Crippen LogP contribution is 2.27. The highest BCUT2D eigenvalue weighted by atomic mass is 32.2. The molecule has 0 aliphatic carbocycles. The third-order valence-corrected chi connectivity index (χ3v) is 8.83. The summed E-state index contributed by atoms with van der Waals surface area (Å²) in [4.78, 5) is 15.2. The number of nitrogens with zero attached hydrogens (tertiary/aromatic N) is 3. The van der Waals surface area contributed by atoms with Crippen molar-refractivity contribution >= 4 is 16.1 Å². The summed E-state index contributed by atoms with van der Waals surface area (Å²) in [7, 11) is -3.48. The van der Waals surface area contributed by atoms with E-state index < -0.39 is 10.2 Å². The summed E-state index contributed by atoms with van der Waals surface area (Å²) in [6.45, 7) is 10.4. The average Bonchev–Trinajstić information content (AvgIpc) is 2.99. The van der Waals surface area contributed by atoms with E-state index >= 15 is 0 Å². The van der Waals surface area contributed by atoms with Gasteiger partial charge in [-0.2, -0.15) is 17.0 Å². The van der Waals surface area contributed by atoms with E-state index in [2.05, 4.69) is 24.1 Å². The number of amides is 1. The van der Waals surface area contributed by atoms with Crippen molar-refractivity contribution in [1.29, 1.82) is 0 Å². The smallest absolute Gasteiger partial charge is 0.282 e. The van der Waals surface area contributed by atoms with Crippen LogP contribution < -0.4 is 5.32 Å². The van der Waals surface area contributed by atoms with E-state index in [1.165, 1.54) is 38.8 Å². The van der Waals surface area contributed by atoms with Crippen molar-refractivity contribution in [2.45, 2.75) is 65.2 Å². The molecule has 1 N–H and O–H groups in total. The second-order valence-corrected chi connectivity index (χ2v) is 11.8. The summed E-state index contributed by atoms with van der Waals surface area (Å²) >= 11 is 0. The fraction of sp³-hybridized carbons (Fsp3) is 0.955. The maximum absolute atomic E-state index is 13.2. The number of piperidine rings is 2. The molecule has 3 unspecified atom stereocenters. The van der Waals surface area contributed by atoms with Crippen molar-refractivity contribution in [1.82, 2.24) is 18.8 Å². The van der Waals surface area contributed by atoms with Crippen LogP contribution >= 0.6 is 0 Å². The molecule has 3 heterocycles. The predicted octanol–water partition coefficient (Wildman–Crippen LogP) is 2.30. The van der Waals surface area contributed by atoms with Crippen molar-refractivity contribution < 1.29 is 13.2 Å². The Hall–Kier alpha value is -0.700. The van der Waals surface area contributed by atoms with Crippen LogP contribution in [0.1, 0.15) is 65.2 Å². The molecule has 0 saturated carbocycles. The van der Waals surface area contributed by atoms with Crippen molar-refractivity contribution in [2.24, 2.45) is 17.8 Å². The standard InChI is InChI=1S/C22H42N4O3S/c1-19-15-20(2)17-26(16-19)30(28,29)25-14-7-9-21(18-25)22(27)23-10-8-13-24-11-5-3-4-6-12-24/h19-21H,3-18H2,1-2H3,(H,23,27). The van der Waals surface area contributed by atoms with E-state index in [-0.39, 0.29) is 11.8 Å². The van der Waals surface area contributed by atoms with Crippen molar-refractivity contribution in [3.8, 4) is 0 Å². The molecular formula is C22H42N4O3S. The Kier molecular flexibility index (Phi) is 8.98. The van der Waals surface area contributed by atoms with Gasteiger partial charge in [0.15, 0.2) is 0 Å². The Morgan fingerprint density at radius 1 is 0.900 bits per heavy atom. The summed E-state index contributed by atoms with van der Waals surface area (Å²) in [5, 5.41) is 3.07. The van der Waals surface area contributed by atoms with Gasteiger partial charge in [-0.15, -0.1) is 0 Å². The number of likely N-dealkylation sites (tertiary alicyclic amines) is 1. The summed E-state index contributed by atoms with van der Waals surface area (Å²) in [5.74, 6) is 0.561. The molecule has 174 valence electrons. The molecule has 3 atom stereocenters. The molecule has 7 nitrogen and oxygen atoms in total. The predicted molar refractivity (Wildman–Crippen MR) is 120 cm³/mol. The van der Waals surface area contributed by atoms with Crippen LogP contribution in [-0.2, 0) is 15.0 Å². The number of carbonyl (C=O) groups is 1. The van der Waals surface area contributed by atoms with E-state index in [1.54, 1.807) is 8.61 Å². The molecule has 0 radical (unpaired) electrons. The number of nitrogens with one attached hydrogen (secondary N) is 1. The van der Waals surface area contributed by atoms with E-state index in [0.29, 0.717) is 44.6 Å². The van der Waals surface area contributed by atoms with Gasteiger partial charge in [-0.25, -0.2) is 0 Å². The molecule has 3 saturated heterocycles. The van der Waals surface area contributed by atoms with E-state index in [9.17, 15) is 13.2 Å². The van der Waals surface area contributed by atoms with Gasteiger partial charge in [0.25, 0.3) is 10.2 Å². The van der Waals surface area contributed by atoms with E-state index in [1.807, 2.05) is 0 Å².